The second kappa shape index (κ2) is 5.38. The summed E-state index contributed by atoms with van der Waals surface area (Å²) in [5.74, 6) is -0.527. The van der Waals surface area contributed by atoms with E-state index in [0.29, 0.717) is 5.71 Å². The Hall–Kier alpha value is -0.580. The van der Waals surface area contributed by atoms with Crippen LogP contribution in [-0.2, 0) is 11.4 Å². The van der Waals surface area contributed by atoms with Crippen LogP contribution >= 0.6 is 11.6 Å². The summed E-state index contributed by atoms with van der Waals surface area (Å²) in [7, 11) is 0. The first kappa shape index (κ1) is 14.5. The molecule has 1 aromatic rings. The van der Waals surface area contributed by atoms with Crippen molar-refractivity contribution in [2.75, 3.05) is 0 Å². The first-order valence-electron chi connectivity index (χ1n) is 5.15. The highest BCUT2D eigenvalue weighted by Crippen LogP contribution is 2.21. The van der Waals surface area contributed by atoms with Crippen LogP contribution in [0.4, 0.5) is 4.39 Å². The van der Waals surface area contributed by atoms with Gasteiger partial charge in [-0.2, -0.15) is 0 Å². The molecule has 0 amide bonds. The number of hydrogen-bond donors (Lipinski definition) is 0. The maximum absolute atomic E-state index is 13.7. The Balaban J connectivity index is 3.09. The average Bonchev–Trinajstić information content (AvgIpc) is 2.20. The van der Waals surface area contributed by atoms with E-state index in [1.54, 1.807) is 19.1 Å². The molecule has 0 saturated heterocycles. The Morgan fingerprint density at radius 2 is 2.00 bits per heavy atom. The van der Waals surface area contributed by atoms with E-state index in [1.807, 2.05) is 20.8 Å². The van der Waals surface area contributed by atoms with Crippen LogP contribution < -0.4 is 0 Å². The smallest absolute Gasteiger partial charge is 0.150 e. The Morgan fingerprint density at radius 3 is 2.53 bits per heavy atom. The Morgan fingerprint density at radius 1 is 1.41 bits per heavy atom. The largest absolute Gasteiger partial charge is 0.591 e. The molecule has 0 aliphatic heterocycles. The van der Waals surface area contributed by atoms with Gasteiger partial charge in [-0.05, 0) is 39.8 Å². The zero-order chi connectivity index (χ0) is 13.2. The van der Waals surface area contributed by atoms with Crippen LogP contribution in [-0.4, -0.2) is 15.0 Å². The van der Waals surface area contributed by atoms with Gasteiger partial charge in [0.1, 0.15) is 16.1 Å². The van der Waals surface area contributed by atoms with E-state index in [0.717, 1.165) is 0 Å². The molecule has 0 saturated carbocycles. The summed E-state index contributed by atoms with van der Waals surface area (Å²) in [5.41, 5.74) is 0.674. The van der Waals surface area contributed by atoms with Crippen LogP contribution in [0.15, 0.2) is 22.6 Å². The monoisotopic (exact) mass is 275 g/mol. The summed E-state index contributed by atoms with van der Waals surface area (Å²) in [6.07, 6.45) is 0. The first-order chi connectivity index (χ1) is 7.73. The van der Waals surface area contributed by atoms with Crippen LogP contribution in [0.3, 0.4) is 0 Å². The summed E-state index contributed by atoms with van der Waals surface area (Å²) in [6, 6.07) is 4.67. The summed E-state index contributed by atoms with van der Waals surface area (Å²) in [5, 5.41) is 0.0404. The molecule has 0 bridgehead atoms. The first-order valence-corrected chi connectivity index (χ1v) is 6.63. The molecule has 0 aromatic heterocycles. The van der Waals surface area contributed by atoms with Crippen molar-refractivity contribution < 1.29 is 8.94 Å². The minimum atomic E-state index is -1.40. The van der Waals surface area contributed by atoms with Gasteiger partial charge in [-0.15, -0.1) is 0 Å². The molecule has 94 valence electrons. The Labute approximate surface area is 109 Å². The quantitative estimate of drug-likeness (QED) is 0.598. The maximum Gasteiger partial charge on any atom is 0.150 e. The van der Waals surface area contributed by atoms with Crippen LogP contribution in [0, 0.1) is 5.82 Å². The topological polar surface area (TPSA) is 35.4 Å². The lowest BCUT2D eigenvalue weighted by Gasteiger charge is -2.18. The average molecular weight is 276 g/mol. The maximum atomic E-state index is 13.7. The van der Waals surface area contributed by atoms with Gasteiger partial charge in [0.15, 0.2) is 5.82 Å². The predicted molar refractivity (Wildman–Crippen MR) is 71.5 cm³/mol. The summed E-state index contributed by atoms with van der Waals surface area (Å²) >= 11 is 4.27. The van der Waals surface area contributed by atoms with Crippen molar-refractivity contribution in [2.24, 2.45) is 4.40 Å². The van der Waals surface area contributed by atoms with E-state index in [-0.39, 0.29) is 10.6 Å². The molecule has 0 heterocycles. The van der Waals surface area contributed by atoms with Crippen molar-refractivity contribution in [3.63, 3.8) is 0 Å². The highest BCUT2D eigenvalue weighted by atomic mass is 35.5. The number of nitrogens with zero attached hydrogens (tertiary/aromatic N) is 1. The van der Waals surface area contributed by atoms with E-state index in [1.165, 1.54) is 6.07 Å². The van der Waals surface area contributed by atoms with Crippen LogP contribution in [0.1, 0.15) is 33.3 Å². The highest BCUT2D eigenvalue weighted by Gasteiger charge is 2.27. The zero-order valence-electron chi connectivity index (χ0n) is 10.3. The highest BCUT2D eigenvalue weighted by molar-refractivity contribution is 7.91. The van der Waals surface area contributed by atoms with Crippen molar-refractivity contribution in [2.45, 2.75) is 32.4 Å². The summed E-state index contributed by atoms with van der Waals surface area (Å²) in [6.45, 7) is 7.06. The summed E-state index contributed by atoms with van der Waals surface area (Å²) in [4.78, 5) is 0. The Kier molecular flexibility index (Phi) is 4.58. The van der Waals surface area contributed by atoms with Gasteiger partial charge in [-0.1, -0.05) is 22.1 Å². The minimum absolute atomic E-state index is 0.0404. The SMILES string of the molecule is C/C(=N\[S+]([O-])C(C)(C)C)c1cccc(Cl)c1F. The normalized spacial score (nSPS) is 14.9. The van der Waals surface area contributed by atoms with Crippen molar-refractivity contribution in [1.29, 1.82) is 0 Å². The molecular formula is C12H15ClFNOS. The molecule has 0 fully saturated rings. The molecule has 2 nitrogen and oxygen atoms in total. The molecule has 1 rings (SSSR count). The lowest BCUT2D eigenvalue weighted by Crippen LogP contribution is -2.26. The number of hydrogen-bond acceptors (Lipinski definition) is 2. The van der Waals surface area contributed by atoms with Gasteiger partial charge in [0.2, 0.25) is 0 Å². The fourth-order valence-electron chi connectivity index (χ4n) is 1.09. The van der Waals surface area contributed by atoms with Gasteiger partial charge in [-0.25, -0.2) is 4.39 Å². The van der Waals surface area contributed by atoms with Crippen molar-refractivity contribution in [1.82, 2.24) is 0 Å². The van der Waals surface area contributed by atoms with Crippen molar-refractivity contribution in [3.05, 3.63) is 34.6 Å². The predicted octanol–water partition coefficient (Wildman–Crippen LogP) is 3.75. The fraction of sp³-hybridized carbons (Fsp3) is 0.417. The molecule has 0 radical (unpaired) electrons. The molecule has 1 unspecified atom stereocenters. The van der Waals surface area contributed by atoms with Crippen molar-refractivity contribution in [3.8, 4) is 0 Å². The molecule has 5 heteroatoms. The second-order valence-corrected chi connectivity index (χ2v) is 6.95. The van der Waals surface area contributed by atoms with Crippen LogP contribution in [0.5, 0.6) is 0 Å². The number of halogens is 2. The molecule has 17 heavy (non-hydrogen) atoms. The lowest BCUT2D eigenvalue weighted by atomic mass is 10.1. The number of benzene rings is 1. The third-order valence-electron chi connectivity index (χ3n) is 2.09. The van der Waals surface area contributed by atoms with Crippen LogP contribution in [0.25, 0.3) is 0 Å². The molecule has 0 N–H and O–H groups in total. The lowest BCUT2D eigenvalue weighted by molar-refractivity contribution is 0.561. The van der Waals surface area contributed by atoms with E-state index < -0.39 is 21.9 Å². The molecule has 0 aliphatic carbocycles. The second-order valence-electron chi connectivity index (χ2n) is 4.64. The molecule has 1 atom stereocenters. The molecule has 1 aromatic carbocycles. The van der Waals surface area contributed by atoms with E-state index in [2.05, 4.69) is 4.40 Å². The van der Waals surface area contributed by atoms with E-state index in [9.17, 15) is 8.94 Å². The Bertz CT molecular complexity index is 443. The minimum Gasteiger partial charge on any atom is -0.591 e. The van der Waals surface area contributed by atoms with E-state index in [4.69, 9.17) is 11.6 Å². The van der Waals surface area contributed by atoms with Crippen molar-refractivity contribution >= 4 is 28.7 Å². The fourth-order valence-corrected chi connectivity index (χ4v) is 1.89. The number of rotatable bonds is 2. The zero-order valence-corrected chi connectivity index (χ0v) is 11.8. The third kappa shape index (κ3) is 3.69. The summed E-state index contributed by atoms with van der Waals surface area (Å²) < 4.78 is 29.0. The van der Waals surface area contributed by atoms with Crippen LogP contribution in [0.2, 0.25) is 5.02 Å². The van der Waals surface area contributed by atoms with Gasteiger partial charge in [0.05, 0.1) is 10.7 Å². The third-order valence-corrected chi connectivity index (χ3v) is 3.86. The van der Waals surface area contributed by atoms with Gasteiger partial charge in [0.25, 0.3) is 0 Å². The molecule has 0 aliphatic rings. The van der Waals surface area contributed by atoms with Gasteiger partial charge in [-0.3, -0.25) is 0 Å². The standard InChI is InChI=1S/C12H15ClFNOS/c1-8(15-17(16)12(2,3)4)9-6-5-7-10(13)11(9)14/h5-7H,1-4H3/b15-8+. The molecular weight excluding hydrogens is 261 g/mol. The van der Waals surface area contributed by atoms with Gasteiger partial charge >= 0.3 is 0 Å². The van der Waals surface area contributed by atoms with Gasteiger partial charge < -0.3 is 4.55 Å². The van der Waals surface area contributed by atoms with Gasteiger partial charge in [0, 0.05) is 5.56 Å². The molecule has 0 spiro atoms. The van der Waals surface area contributed by atoms with E-state index >= 15 is 0 Å².